The lowest BCUT2D eigenvalue weighted by atomic mass is 10.1. The van der Waals surface area contributed by atoms with E-state index in [1.54, 1.807) is 11.0 Å². The van der Waals surface area contributed by atoms with Crippen LogP contribution in [0.5, 0.6) is 0 Å². The van der Waals surface area contributed by atoms with Crippen molar-refractivity contribution in [2.45, 2.75) is 34.6 Å². The number of carbonyl (C=O) groups excluding carboxylic acids is 1. The van der Waals surface area contributed by atoms with Gasteiger partial charge in [0.15, 0.2) is 0 Å². The molecule has 0 unspecified atom stereocenters. The second kappa shape index (κ2) is 7.85. The van der Waals surface area contributed by atoms with Gasteiger partial charge in [0.05, 0.1) is 0 Å². The summed E-state index contributed by atoms with van der Waals surface area (Å²) < 4.78 is 2.15. The molecular formula is C21H25N3O. The van der Waals surface area contributed by atoms with Crippen molar-refractivity contribution in [1.82, 2.24) is 9.47 Å². The molecule has 0 aliphatic carbocycles. The van der Waals surface area contributed by atoms with Gasteiger partial charge in [-0.2, -0.15) is 5.26 Å². The molecule has 0 N–H and O–H groups in total. The number of hydrogen-bond acceptors (Lipinski definition) is 2. The van der Waals surface area contributed by atoms with Crippen molar-refractivity contribution in [3.05, 3.63) is 58.4 Å². The highest BCUT2D eigenvalue weighted by Crippen LogP contribution is 2.23. The van der Waals surface area contributed by atoms with Crippen LogP contribution in [0.2, 0.25) is 0 Å². The molecule has 0 aliphatic heterocycles. The fourth-order valence-electron chi connectivity index (χ4n) is 3.08. The molecule has 0 atom stereocenters. The Hall–Kier alpha value is -2.80. The van der Waals surface area contributed by atoms with E-state index in [1.807, 2.05) is 39.8 Å². The van der Waals surface area contributed by atoms with Crippen molar-refractivity contribution in [1.29, 1.82) is 5.26 Å². The summed E-state index contributed by atoms with van der Waals surface area (Å²) in [5.74, 6) is -0.215. The summed E-state index contributed by atoms with van der Waals surface area (Å²) in [6.07, 6.45) is 1.70. The summed E-state index contributed by atoms with van der Waals surface area (Å²) in [7, 11) is 0. The molecule has 1 heterocycles. The van der Waals surface area contributed by atoms with Gasteiger partial charge in [-0.3, -0.25) is 4.79 Å². The van der Waals surface area contributed by atoms with Crippen LogP contribution >= 0.6 is 0 Å². The van der Waals surface area contributed by atoms with E-state index in [1.165, 1.54) is 5.56 Å². The minimum Gasteiger partial charge on any atom is -0.339 e. The van der Waals surface area contributed by atoms with E-state index in [9.17, 15) is 10.1 Å². The van der Waals surface area contributed by atoms with E-state index in [2.05, 4.69) is 35.8 Å². The van der Waals surface area contributed by atoms with Gasteiger partial charge in [0.25, 0.3) is 5.91 Å². The predicted molar refractivity (Wildman–Crippen MR) is 101 cm³/mol. The minimum atomic E-state index is -0.215. The van der Waals surface area contributed by atoms with Crippen LogP contribution in [0.4, 0.5) is 0 Å². The van der Waals surface area contributed by atoms with Crippen LogP contribution in [0.25, 0.3) is 11.8 Å². The maximum absolute atomic E-state index is 12.5. The van der Waals surface area contributed by atoms with Gasteiger partial charge in [-0.15, -0.1) is 0 Å². The Morgan fingerprint density at radius 2 is 1.88 bits per heavy atom. The van der Waals surface area contributed by atoms with Crippen LogP contribution in [0.15, 0.2) is 35.9 Å². The first kappa shape index (κ1) is 18.5. The van der Waals surface area contributed by atoms with E-state index < -0.39 is 0 Å². The fraction of sp³-hybridized carbons (Fsp3) is 0.333. The topological polar surface area (TPSA) is 49.0 Å². The Morgan fingerprint density at radius 1 is 1.20 bits per heavy atom. The number of rotatable bonds is 5. The van der Waals surface area contributed by atoms with Gasteiger partial charge in [-0.25, -0.2) is 0 Å². The molecule has 130 valence electrons. The van der Waals surface area contributed by atoms with Crippen LogP contribution in [-0.4, -0.2) is 28.5 Å². The highest BCUT2D eigenvalue weighted by atomic mass is 16.2. The second-order valence-corrected chi connectivity index (χ2v) is 6.15. The molecule has 0 fully saturated rings. The molecule has 1 aromatic carbocycles. The molecule has 4 heteroatoms. The number of hydrogen-bond donors (Lipinski definition) is 0. The quantitative estimate of drug-likeness (QED) is 0.608. The van der Waals surface area contributed by atoms with Crippen molar-refractivity contribution in [3.63, 3.8) is 0 Å². The predicted octanol–water partition coefficient (Wildman–Crippen LogP) is 4.18. The minimum absolute atomic E-state index is 0.174. The summed E-state index contributed by atoms with van der Waals surface area (Å²) in [5.41, 5.74) is 5.44. The monoisotopic (exact) mass is 335 g/mol. The van der Waals surface area contributed by atoms with Gasteiger partial charge in [0.1, 0.15) is 11.6 Å². The largest absolute Gasteiger partial charge is 0.339 e. The molecule has 2 aromatic rings. The van der Waals surface area contributed by atoms with Gasteiger partial charge in [-0.1, -0.05) is 12.1 Å². The Balaban J connectivity index is 2.49. The Bertz CT molecular complexity index is 849. The first-order valence-corrected chi connectivity index (χ1v) is 8.59. The van der Waals surface area contributed by atoms with Gasteiger partial charge in [0.2, 0.25) is 0 Å². The lowest BCUT2D eigenvalue weighted by Gasteiger charge is -2.17. The summed E-state index contributed by atoms with van der Waals surface area (Å²) in [5, 5.41) is 9.45. The molecule has 2 rings (SSSR count). The van der Waals surface area contributed by atoms with Gasteiger partial charge >= 0.3 is 0 Å². The third kappa shape index (κ3) is 3.83. The molecule has 1 aromatic heterocycles. The molecule has 25 heavy (non-hydrogen) atoms. The van der Waals surface area contributed by atoms with Crippen molar-refractivity contribution >= 4 is 12.0 Å². The van der Waals surface area contributed by atoms with Crippen LogP contribution in [-0.2, 0) is 4.79 Å². The maximum Gasteiger partial charge on any atom is 0.264 e. The first-order chi connectivity index (χ1) is 11.9. The summed E-state index contributed by atoms with van der Waals surface area (Å²) in [4.78, 5) is 14.1. The van der Waals surface area contributed by atoms with Gasteiger partial charge in [0, 0.05) is 30.2 Å². The first-order valence-electron chi connectivity index (χ1n) is 8.59. The summed E-state index contributed by atoms with van der Waals surface area (Å²) >= 11 is 0. The number of nitrogens with zero attached hydrogens (tertiary/aromatic N) is 3. The Kier molecular flexibility index (Phi) is 5.82. The zero-order valence-electron chi connectivity index (χ0n) is 15.6. The lowest BCUT2D eigenvalue weighted by molar-refractivity contribution is -0.126. The van der Waals surface area contributed by atoms with E-state index >= 15 is 0 Å². The van der Waals surface area contributed by atoms with E-state index in [-0.39, 0.29) is 11.5 Å². The number of benzene rings is 1. The smallest absolute Gasteiger partial charge is 0.264 e. The average molecular weight is 335 g/mol. The summed E-state index contributed by atoms with van der Waals surface area (Å²) in [6.45, 7) is 11.1. The molecule has 1 amide bonds. The third-order valence-electron chi connectivity index (χ3n) is 4.43. The Labute approximate surface area is 150 Å². The van der Waals surface area contributed by atoms with E-state index in [0.29, 0.717) is 13.1 Å². The SMILES string of the molecule is CCN(CC)C(=O)/C(C#N)=C\c1cc(C)n(-c2cccc(C)c2)c1C. The van der Waals surface area contributed by atoms with E-state index in [0.717, 1.165) is 22.6 Å². The zero-order valence-corrected chi connectivity index (χ0v) is 15.6. The molecule has 0 spiro atoms. The van der Waals surface area contributed by atoms with Gasteiger partial charge < -0.3 is 9.47 Å². The number of aryl methyl sites for hydroxylation is 2. The van der Waals surface area contributed by atoms with Crippen LogP contribution < -0.4 is 0 Å². The normalized spacial score (nSPS) is 11.3. The molecule has 0 radical (unpaired) electrons. The molecule has 0 saturated heterocycles. The lowest BCUT2D eigenvalue weighted by Crippen LogP contribution is -2.31. The third-order valence-corrected chi connectivity index (χ3v) is 4.43. The molecule has 0 saturated carbocycles. The second-order valence-electron chi connectivity index (χ2n) is 6.15. The summed E-state index contributed by atoms with van der Waals surface area (Å²) in [6, 6.07) is 12.4. The number of likely N-dealkylation sites (N-methyl/N-ethyl adjacent to an activating group) is 1. The molecular weight excluding hydrogens is 310 g/mol. The number of carbonyl (C=O) groups is 1. The standard InChI is InChI=1S/C21H25N3O/c1-6-23(7-2)21(25)19(14-22)13-18-12-16(4)24(17(18)5)20-10-8-9-15(3)11-20/h8-13H,6-7H2,1-5H3/b19-13-. The van der Waals surface area contributed by atoms with Crippen LogP contribution in [0.3, 0.4) is 0 Å². The van der Waals surface area contributed by atoms with Crippen molar-refractivity contribution in [3.8, 4) is 11.8 Å². The highest BCUT2D eigenvalue weighted by Gasteiger charge is 2.17. The molecule has 4 nitrogen and oxygen atoms in total. The average Bonchev–Trinajstić information content (AvgIpc) is 2.87. The van der Waals surface area contributed by atoms with Gasteiger partial charge in [-0.05, 0) is 70.0 Å². The van der Waals surface area contributed by atoms with Crippen molar-refractivity contribution < 1.29 is 4.79 Å². The number of amides is 1. The van der Waals surface area contributed by atoms with Crippen molar-refractivity contribution in [2.24, 2.45) is 0 Å². The number of nitriles is 1. The highest BCUT2D eigenvalue weighted by molar-refractivity contribution is 6.01. The molecule has 0 aliphatic rings. The maximum atomic E-state index is 12.5. The Morgan fingerprint density at radius 3 is 2.44 bits per heavy atom. The van der Waals surface area contributed by atoms with Crippen LogP contribution in [0.1, 0.15) is 36.4 Å². The van der Waals surface area contributed by atoms with E-state index in [4.69, 9.17) is 0 Å². The number of aromatic nitrogens is 1. The zero-order chi connectivity index (χ0) is 18.6. The fourth-order valence-corrected chi connectivity index (χ4v) is 3.08. The van der Waals surface area contributed by atoms with Crippen molar-refractivity contribution in [2.75, 3.05) is 13.1 Å². The van der Waals surface area contributed by atoms with Crippen LogP contribution in [0, 0.1) is 32.1 Å². The molecule has 0 bridgehead atoms.